The third-order valence-electron chi connectivity index (χ3n) is 3.79. The van der Waals surface area contributed by atoms with Gasteiger partial charge in [0.25, 0.3) is 0 Å². The highest BCUT2D eigenvalue weighted by Crippen LogP contribution is 2.29. The lowest BCUT2D eigenvalue weighted by molar-refractivity contribution is -0.285. The van der Waals surface area contributed by atoms with Crippen LogP contribution in [-0.4, -0.2) is 82.4 Å². The average Bonchev–Trinajstić information content (AvgIpc) is 2.49. The van der Waals surface area contributed by atoms with Crippen LogP contribution >= 0.6 is 0 Å². The first-order chi connectivity index (χ1) is 10.4. The molecule has 0 aromatic rings. The van der Waals surface area contributed by atoms with Gasteiger partial charge < -0.3 is 28.6 Å². The van der Waals surface area contributed by atoms with Crippen LogP contribution in [0.1, 0.15) is 13.8 Å². The molecule has 0 saturated carbocycles. The summed E-state index contributed by atoms with van der Waals surface area (Å²) in [6.45, 7) is 2.79. The van der Waals surface area contributed by atoms with Gasteiger partial charge in [-0.1, -0.05) is 0 Å². The van der Waals surface area contributed by atoms with E-state index in [4.69, 9.17) is 23.7 Å². The van der Waals surface area contributed by atoms with Crippen LogP contribution in [0.25, 0.3) is 0 Å². The molecule has 22 heavy (non-hydrogen) atoms. The van der Waals surface area contributed by atoms with Crippen LogP contribution in [0.3, 0.4) is 0 Å². The summed E-state index contributed by atoms with van der Waals surface area (Å²) < 4.78 is 27.1. The van der Waals surface area contributed by atoms with E-state index in [1.807, 2.05) is 0 Å². The molecule has 1 fully saturated rings. The van der Waals surface area contributed by atoms with Gasteiger partial charge in [-0.05, 0) is 0 Å². The summed E-state index contributed by atoms with van der Waals surface area (Å²) in [7, 11) is 6.17. The molecule has 1 aliphatic rings. The molecule has 0 spiro atoms. The minimum atomic E-state index is -0.717. The second-order valence-corrected chi connectivity index (χ2v) is 5.10. The van der Waals surface area contributed by atoms with Gasteiger partial charge in [0.05, 0.1) is 0 Å². The molecule has 0 aromatic heterocycles. The van der Waals surface area contributed by atoms with Gasteiger partial charge in [0.1, 0.15) is 31.0 Å². The summed E-state index contributed by atoms with van der Waals surface area (Å²) in [6.07, 6.45) is -2.27. The van der Waals surface area contributed by atoms with Gasteiger partial charge in [0.2, 0.25) is 5.91 Å². The van der Waals surface area contributed by atoms with Crippen molar-refractivity contribution in [2.45, 2.75) is 44.5 Å². The number of carbonyl (C=O) groups is 2. The predicted octanol–water partition coefficient (Wildman–Crippen LogP) is -0.202. The normalized spacial score (nSPS) is 31.6. The summed E-state index contributed by atoms with van der Waals surface area (Å²) in [5.74, 6) is -0.560. The summed E-state index contributed by atoms with van der Waals surface area (Å²) in [6, 6.07) is -0.481. The van der Waals surface area contributed by atoms with Crippen LogP contribution in [-0.2, 0) is 33.3 Å². The van der Waals surface area contributed by atoms with E-state index >= 15 is 0 Å². The zero-order chi connectivity index (χ0) is 16.9. The van der Waals surface area contributed by atoms with Crippen molar-refractivity contribution in [1.29, 1.82) is 0 Å². The zero-order valence-electron chi connectivity index (χ0n) is 13.9. The number of hydrogen-bond acceptors (Lipinski definition) is 7. The molecule has 1 rings (SSSR count). The van der Waals surface area contributed by atoms with Crippen molar-refractivity contribution < 1.29 is 33.3 Å². The third-order valence-corrected chi connectivity index (χ3v) is 3.79. The van der Waals surface area contributed by atoms with Crippen molar-refractivity contribution in [2.75, 3.05) is 35.0 Å². The highest BCUT2D eigenvalue weighted by atomic mass is 16.7. The molecule has 1 aliphatic heterocycles. The fourth-order valence-electron chi connectivity index (χ4n) is 2.59. The Morgan fingerprint density at radius 2 is 1.64 bits per heavy atom. The Labute approximate surface area is 130 Å². The second kappa shape index (κ2) is 8.42. The maximum Gasteiger partial charge on any atom is 0.302 e. The minimum Gasteiger partial charge on any atom is -0.463 e. The molecule has 0 unspecified atom stereocenters. The van der Waals surface area contributed by atoms with Crippen LogP contribution in [0, 0.1) is 0 Å². The van der Waals surface area contributed by atoms with Gasteiger partial charge in [-0.3, -0.25) is 9.59 Å². The standard InChI is InChI=1S/C14H25NO7/c1-8(16)15(3)11-13(19-5)12(18-4)10(7-21-9(2)17)22-14(11)20-6/h10-14H,7H2,1-6H3/t10-,11-,12-,13-,14-/m1/s1. The molecule has 1 saturated heterocycles. The van der Waals surface area contributed by atoms with E-state index in [-0.39, 0.29) is 12.5 Å². The summed E-state index contributed by atoms with van der Waals surface area (Å²) >= 11 is 0. The van der Waals surface area contributed by atoms with Crippen molar-refractivity contribution in [1.82, 2.24) is 4.90 Å². The third kappa shape index (κ3) is 4.16. The van der Waals surface area contributed by atoms with E-state index in [9.17, 15) is 9.59 Å². The smallest absolute Gasteiger partial charge is 0.302 e. The first-order valence-electron chi connectivity index (χ1n) is 6.97. The largest absolute Gasteiger partial charge is 0.463 e. The van der Waals surface area contributed by atoms with Gasteiger partial charge in [0, 0.05) is 42.2 Å². The van der Waals surface area contributed by atoms with E-state index in [1.54, 1.807) is 7.05 Å². The van der Waals surface area contributed by atoms with E-state index < -0.39 is 36.6 Å². The second-order valence-electron chi connectivity index (χ2n) is 5.10. The van der Waals surface area contributed by atoms with Crippen molar-refractivity contribution >= 4 is 11.9 Å². The molecule has 0 aromatic carbocycles. The number of ether oxygens (including phenoxy) is 5. The highest BCUT2D eigenvalue weighted by Gasteiger charge is 2.49. The van der Waals surface area contributed by atoms with Crippen molar-refractivity contribution in [3.05, 3.63) is 0 Å². The summed E-state index contributed by atoms with van der Waals surface area (Å²) in [5.41, 5.74) is 0. The van der Waals surface area contributed by atoms with Crippen molar-refractivity contribution in [2.24, 2.45) is 0 Å². The minimum absolute atomic E-state index is 0.0179. The fraction of sp³-hybridized carbons (Fsp3) is 0.857. The molecule has 5 atom stereocenters. The molecule has 8 heteroatoms. The van der Waals surface area contributed by atoms with Gasteiger partial charge >= 0.3 is 5.97 Å². The number of amides is 1. The van der Waals surface area contributed by atoms with Crippen LogP contribution in [0.15, 0.2) is 0 Å². The molecule has 0 N–H and O–H groups in total. The zero-order valence-corrected chi connectivity index (χ0v) is 13.9. The van der Waals surface area contributed by atoms with Crippen molar-refractivity contribution in [3.63, 3.8) is 0 Å². The van der Waals surface area contributed by atoms with E-state index in [0.29, 0.717) is 0 Å². The lowest BCUT2D eigenvalue weighted by Gasteiger charge is -2.47. The highest BCUT2D eigenvalue weighted by molar-refractivity contribution is 5.73. The first-order valence-corrected chi connectivity index (χ1v) is 6.97. The van der Waals surface area contributed by atoms with Crippen LogP contribution in [0.4, 0.5) is 0 Å². The monoisotopic (exact) mass is 319 g/mol. The summed E-state index contributed by atoms with van der Waals surface area (Å²) in [4.78, 5) is 24.2. The Balaban J connectivity index is 3.02. The van der Waals surface area contributed by atoms with Crippen LogP contribution < -0.4 is 0 Å². The molecular formula is C14H25NO7. The average molecular weight is 319 g/mol. The van der Waals surface area contributed by atoms with Crippen LogP contribution in [0.5, 0.6) is 0 Å². The number of hydrogen-bond donors (Lipinski definition) is 0. The molecule has 0 radical (unpaired) electrons. The van der Waals surface area contributed by atoms with Crippen molar-refractivity contribution in [3.8, 4) is 0 Å². The topological polar surface area (TPSA) is 83.5 Å². The molecule has 1 heterocycles. The molecule has 128 valence electrons. The SMILES string of the molecule is CO[C@@H]1O[C@H](COC(C)=O)[C@@H](OC)[C@H](OC)[C@H]1N(C)C(C)=O. The first kappa shape index (κ1) is 18.8. The Bertz CT molecular complexity index is 389. The van der Waals surface area contributed by atoms with Crippen LogP contribution in [0.2, 0.25) is 0 Å². The predicted molar refractivity (Wildman–Crippen MR) is 76.1 cm³/mol. The Hall–Kier alpha value is -1.22. The molecular weight excluding hydrogens is 294 g/mol. The quantitative estimate of drug-likeness (QED) is 0.627. The van der Waals surface area contributed by atoms with Gasteiger partial charge in [-0.25, -0.2) is 0 Å². The van der Waals surface area contributed by atoms with E-state index in [1.165, 1.54) is 40.1 Å². The number of nitrogens with zero attached hydrogens (tertiary/aromatic N) is 1. The number of likely N-dealkylation sites (N-methyl/N-ethyl adjacent to an activating group) is 1. The van der Waals surface area contributed by atoms with Gasteiger partial charge in [-0.15, -0.1) is 0 Å². The Kier molecular flexibility index (Phi) is 7.21. The lowest BCUT2D eigenvalue weighted by atomic mass is 9.95. The number of carbonyl (C=O) groups excluding carboxylic acids is 2. The fourth-order valence-corrected chi connectivity index (χ4v) is 2.59. The van der Waals surface area contributed by atoms with Gasteiger partial charge in [0.15, 0.2) is 6.29 Å². The molecule has 8 nitrogen and oxygen atoms in total. The van der Waals surface area contributed by atoms with E-state index in [2.05, 4.69) is 0 Å². The maximum absolute atomic E-state index is 11.7. The number of methoxy groups -OCH3 is 3. The summed E-state index contributed by atoms with van der Waals surface area (Å²) in [5, 5.41) is 0. The Morgan fingerprint density at radius 1 is 1.05 bits per heavy atom. The molecule has 0 aliphatic carbocycles. The maximum atomic E-state index is 11.7. The molecule has 1 amide bonds. The molecule has 0 bridgehead atoms. The number of esters is 1. The number of rotatable bonds is 6. The van der Waals surface area contributed by atoms with E-state index in [0.717, 1.165) is 0 Å². The Morgan fingerprint density at radius 3 is 2.05 bits per heavy atom. The lowest BCUT2D eigenvalue weighted by Crippen LogP contribution is -2.65. The van der Waals surface area contributed by atoms with Gasteiger partial charge in [-0.2, -0.15) is 0 Å².